The van der Waals surface area contributed by atoms with E-state index in [4.69, 9.17) is 11.5 Å². The highest BCUT2D eigenvalue weighted by atomic mass is 16.3. The molecule has 0 aromatic heterocycles. The minimum absolute atomic E-state index is 0.608. The fraction of sp³-hybridized carbons (Fsp3) is 1.00. The van der Waals surface area contributed by atoms with Gasteiger partial charge in [0.25, 0.3) is 0 Å². The monoisotopic (exact) mass is 216 g/mol. The van der Waals surface area contributed by atoms with Gasteiger partial charge in [-0.25, -0.2) is 0 Å². The Balaban J connectivity index is 2.17. The number of aliphatic hydroxyl groups excluding tert-OH is 2. The van der Waals surface area contributed by atoms with Crippen LogP contribution >= 0.6 is 0 Å². The van der Waals surface area contributed by atoms with Gasteiger partial charge in [-0.1, -0.05) is 32.1 Å². The van der Waals surface area contributed by atoms with Crippen LogP contribution in [0.1, 0.15) is 44.9 Å². The fourth-order valence-electron chi connectivity index (χ4n) is 2.31. The summed E-state index contributed by atoms with van der Waals surface area (Å²) in [5, 5.41) is 19.0. The molecule has 0 spiro atoms. The van der Waals surface area contributed by atoms with E-state index in [-0.39, 0.29) is 0 Å². The topological polar surface area (TPSA) is 92.5 Å². The van der Waals surface area contributed by atoms with Crippen molar-refractivity contribution < 1.29 is 10.2 Å². The predicted octanol–water partition coefficient (Wildman–Crippen LogP) is 0.312. The van der Waals surface area contributed by atoms with E-state index in [1.807, 2.05) is 0 Å². The second kappa shape index (κ2) is 6.43. The first-order valence-electron chi connectivity index (χ1n) is 5.98. The van der Waals surface area contributed by atoms with E-state index >= 15 is 0 Å². The molecule has 0 bridgehead atoms. The summed E-state index contributed by atoms with van der Waals surface area (Å²) < 4.78 is 0. The molecule has 15 heavy (non-hydrogen) atoms. The van der Waals surface area contributed by atoms with E-state index in [1.54, 1.807) is 0 Å². The van der Waals surface area contributed by atoms with E-state index in [9.17, 15) is 10.2 Å². The van der Waals surface area contributed by atoms with Crippen LogP contribution in [0.5, 0.6) is 0 Å². The molecule has 4 nitrogen and oxygen atoms in total. The van der Waals surface area contributed by atoms with Gasteiger partial charge in [0.2, 0.25) is 0 Å². The predicted molar refractivity (Wildman–Crippen MR) is 60.0 cm³/mol. The Morgan fingerprint density at radius 2 is 1.67 bits per heavy atom. The second-order valence-electron chi connectivity index (χ2n) is 4.72. The molecule has 1 rings (SSSR count). The van der Waals surface area contributed by atoms with Gasteiger partial charge in [-0.3, -0.25) is 0 Å². The number of aliphatic hydroxyl groups is 2. The standard InChI is InChI=1S/C11H24N2O2/c12-11(13)10(15)9(14)7-6-8-4-2-1-3-5-8/h8-11,14-15H,1-7,12-13H2. The van der Waals surface area contributed by atoms with Gasteiger partial charge >= 0.3 is 0 Å². The molecule has 0 radical (unpaired) electrons. The minimum atomic E-state index is -0.992. The van der Waals surface area contributed by atoms with E-state index in [2.05, 4.69) is 0 Å². The first-order valence-corrected chi connectivity index (χ1v) is 5.98. The fourth-order valence-corrected chi connectivity index (χ4v) is 2.31. The molecule has 1 fully saturated rings. The summed E-state index contributed by atoms with van der Waals surface area (Å²) >= 11 is 0. The molecular weight excluding hydrogens is 192 g/mol. The molecule has 1 aliphatic rings. The van der Waals surface area contributed by atoms with Gasteiger partial charge in [0.05, 0.1) is 12.3 Å². The molecule has 0 amide bonds. The maximum absolute atomic E-state index is 9.61. The molecule has 0 aliphatic heterocycles. The normalized spacial score (nSPS) is 23.0. The second-order valence-corrected chi connectivity index (χ2v) is 4.72. The lowest BCUT2D eigenvalue weighted by atomic mass is 9.85. The van der Waals surface area contributed by atoms with E-state index in [1.165, 1.54) is 32.1 Å². The van der Waals surface area contributed by atoms with Crippen molar-refractivity contribution in [3.05, 3.63) is 0 Å². The van der Waals surface area contributed by atoms with E-state index < -0.39 is 18.4 Å². The average Bonchev–Trinajstić information content (AvgIpc) is 2.26. The first kappa shape index (κ1) is 12.9. The summed E-state index contributed by atoms with van der Waals surface area (Å²) in [7, 11) is 0. The molecule has 1 aliphatic carbocycles. The average molecular weight is 216 g/mol. The van der Waals surface area contributed by atoms with Gasteiger partial charge in [-0.15, -0.1) is 0 Å². The van der Waals surface area contributed by atoms with Crippen molar-refractivity contribution in [2.24, 2.45) is 17.4 Å². The molecule has 90 valence electrons. The minimum Gasteiger partial charge on any atom is -0.390 e. The van der Waals surface area contributed by atoms with Crippen molar-refractivity contribution in [1.29, 1.82) is 0 Å². The van der Waals surface area contributed by atoms with Crippen molar-refractivity contribution in [3.8, 4) is 0 Å². The maximum Gasteiger partial charge on any atom is 0.108 e. The lowest BCUT2D eigenvalue weighted by Crippen LogP contribution is -2.49. The van der Waals surface area contributed by atoms with Crippen LogP contribution in [-0.4, -0.2) is 28.6 Å². The van der Waals surface area contributed by atoms with Crippen LogP contribution in [0, 0.1) is 5.92 Å². The third kappa shape index (κ3) is 4.47. The van der Waals surface area contributed by atoms with Crippen molar-refractivity contribution in [2.45, 2.75) is 63.3 Å². The van der Waals surface area contributed by atoms with Crippen molar-refractivity contribution in [2.75, 3.05) is 0 Å². The summed E-state index contributed by atoms with van der Waals surface area (Å²) in [6.07, 6.45) is 5.46. The van der Waals surface area contributed by atoms with Gasteiger partial charge in [0, 0.05) is 0 Å². The largest absolute Gasteiger partial charge is 0.390 e. The summed E-state index contributed by atoms with van der Waals surface area (Å²) in [6.45, 7) is 0. The van der Waals surface area contributed by atoms with E-state index in [0.29, 0.717) is 6.42 Å². The Bertz CT molecular complexity index is 170. The third-order valence-electron chi connectivity index (χ3n) is 3.38. The van der Waals surface area contributed by atoms with Crippen molar-refractivity contribution >= 4 is 0 Å². The smallest absolute Gasteiger partial charge is 0.108 e. The van der Waals surface area contributed by atoms with Crippen LogP contribution in [0.15, 0.2) is 0 Å². The lowest BCUT2D eigenvalue weighted by molar-refractivity contribution is -0.00312. The highest BCUT2D eigenvalue weighted by Gasteiger charge is 2.22. The molecule has 6 N–H and O–H groups in total. The lowest BCUT2D eigenvalue weighted by Gasteiger charge is -2.25. The number of rotatable bonds is 5. The molecule has 0 aromatic rings. The van der Waals surface area contributed by atoms with Gasteiger partial charge in [0.15, 0.2) is 0 Å². The van der Waals surface area contributed by atoms with Gasteiger partial charge in [-0.2, -0.15) is 0 Å². The molecule has 1 saturated carbocycles. The van der Waals surface area contributed by atoms with Crippen LogP contribution in [0.2, 0.25) is 0 Å². The molecule has 2 atom stereocenters. The van der Waals surface area contributed by atoms with E-state index in [0.717, 1.165) is 12.3 Å². The van der Waals surface area contributed by atoms with Crippen LogP contribution in [-0.2, 0) is 0 Å². The zero-order valence-electron chi connectivity index (χ0n) is 9.31. The Kier molecular flexibility index (Phi) is 5.53. The molecule has 2 unspecified atom stereocenters. The first-order chi connectivity index (χ1) is 7.11. The zero-order chi connectivity index (χ0) is 11.3. The SMILES string of the molecule is NC(N)C(O)C(O)CCC1CCCCC1. The van der Waals surface area contributed by atoms with Crippen molar-refractivity contribution in [1.82, 2.24) is 0 Å². The molecule has 0 saturated heterocycles. The maximum atomic E-state index is 9.61. The Morgan fingerprint density at radius 1 is 1.07 bits per heavy atom. The van der Waals surface area contributed by atoms with Crippen LogP contribution in [0.25, 0.3) is 0 Å². The van der Waals surface area contributed by atoms with Gasteiger partial charge < -0.3 is 21.7 Å². The highest BCUT2D eigenvalue weighted by Crippen LogP contribution is 2.27. The Hall–Kier alpha value is -0.160. The molecular formula is C11H24N2O2. The van der Waals surface area contributed by atoms with Crippen LogP contribution in [0.3, 0.4) is 0 Å². The highest BCUT2D eigenvalue weighted by molar-refractivity contribution is 4.76. The number of hydrogen-bond acceptors (Lipinski definition) is 4. The number of hydrogen-bond donors (Lipinski definition) is 4. The summed E-state index contributed by atoms with van der Waals surface area (Å²) in [5.74, 6) is 0.717. The zero-order valence-corrected chi connectivity index (χ0v) is 9.31. The summed E-state index contributed by atoms with van der Waals surface area (Å²) in [5.41, 5.74) is 10.6. The molecule has 0 aromatic carbocycles. The molecule has 4 heteroatoms. The Morgan fingerprint density at radius 3 is 2.20 bits per heavy atom. The van der Waals surface area contributed by atoms with Crippen LogP contribution in [0.4, 0.5) is 0 Å². The van der Waals surface area contributed by atoms with Crippen LogP contribution < -0.4 is 11.5 Å². The summed E-state index contributed by atoms with van der Waals surface area (Å²) in [4.78, 5) is 0. The Labute approximate surface area is 91.7 Å². The summed E-state index contributed by atoms with van der Waals surface area (Å²) in [6, 6.07) is 0. The molecule has 0 heterocycles. The number of nitrogens with two attached hydrogens (primary N) is 2. The van der Waals surface area contributed by atoms with Gasteiger partial charge in [-0.05, 0) is 18.8 Å². The van der Waals surface area contributed by atoms with Crippen molar-refractivity contribution in [3.63, 3.8) is 0 Å². The van der Waals surface area contributed by atoms with Gasteiger partial charge in [0.1, 0.15) is 6.10 Å². The quantitative estimate of drug-likeness (QED) is 0.498. The third-order valence-corrected chi connectivity index (χ3v) is 3.38.